The minimum atomic E-state index is -0.00679. The third kappa shape index (κ3) is 3.91. The Morgan fingerprint density at radius 3 is 2.49 bits per heavy atom. The van der Waals surface area contributed by atoms with Crippen LogP contribution in [0, 0.1) is 6.92 Å². The maximum absolute atomic E-state index is 2.55. The Bertz CT molecular complexity index is 1590. The topological polar surface area (TPSA) is 4.93 Å². The van der Waals surface area contributed by atoms with Crippen molar-refractivity contribution >= 4 is 33.6 Å². The Morgan fingerprint density at radius 2 is 1.70 bits per heavy atom. The molecule has 1 unspecified atom stereocenters. The molecule has 6 rings (SSSR count). The zero-order valence-corrected chi connectivity index (χ0v) is 24.1. The van der Waals surface area contributed by atoms with Gasteiger partial charge in [-0.05, 0) is 85.2 Å². The fraction of sp³-hybridized carbons (Fsp3) is 0.371. The minimum absolute atomic E-state index is 0.00679. The lowest BCUT2D eigenvalue weighted by atomic mass is 9.64. The third-order valence-corrected chi connectivity index (χ3v) is 10.3. The zero-order chi connectivity index (χ0) is 25.9. The van der Waals surface area contributed by atoms with Crippen LogP contribution < -0.4 is 0 Å². The first-order chi connectivity index (χ1) is 17.8. The molecule has 2 heteroatoms. The van der Waals surface area contributed by atoms with Crippen molar-refractivity contribution in [1.82, 2.24) is 4.57 Å². The van der Waals surface area contributed by atoms with Gasteiger partial charge in [0.25, 0.3) is 0 Å². The van der Waals surface area contributed by atoms with Crippen molar-refractivity contribution in [1.29, 1.82) is 0 Å². The van der Waals surface area contributed by atoms with Gasteiger partial charge in [-0.2, -0.15) is 0 Å². The summed E-state index contributed by atoms with van der Waals surface area (Å²) in [6, 6.07) is 19.2. The van der Waals surface area contributed by atoms with E-state index < -0.39 is 0 Å². The maximum atomic E-state index is 2.55. The summed E-state index contributed by atoms with van der Waals surface area (Å²) < 4.78 is 2.44. The Labute approximate surface area is 226 Å². The molecule has 0 bridgehead atoms. The number of nitrogens with zero attached hydrogens (tertiary/aromatic N) is 1. The van der Waals surface area contributed by atoms with Gasteiger partial charge in [0.1, 0.15) is 0 Å². The van der Waals surface area contributed by atoms with Crippen LogP contribution in [0.4, 0.5) is 0 Å². The Balaban J connectivity index is 1.56. The van der Waals surface area contributed by atoms with Gasteiger partial charge in [0.15, 0.2) is 0 Å². The van der Waals surface area contributed by atoms with Gasteiger partial charge >= 0.3 is 0 Å². The molecular formula is C35H39NS. The van der Waals surface area contributed by atoms with Crippen LogP contribution >= 0.6 is 11.8 Å². The van der Waals surface area contributed by atoms with Crippen molar-refractivity contribution in [2.45, 2.75) is 83.0 Å². The first-order valence-corrected chi connectivity index (χ1v) is 14.8. The summed E-state index contributed by atoms with van der Waals surface area (Å²) in [5, 5.41) is 2.78. The van der Waals surface area contributed by atoms with Gasteiger partial charge in [0.05, 0.1) is 0 Å². The second-order valence-electron chi connectivity index (χ2n) is 11.7. The van der Waals surface area contributed by atoms with E-state index >= 15 is 0 Å². The molecule has 2 aliphatic rings. The summed E-state index contributed by atoms with van der Waals surface area (Å²) in [6.07, 6.45) is 10.7. The molecule has 0 amide bonds. The molecule has 190 valence electrons. The summed E-state index contributed by atoms with van der Waals surface area (Å²) in [6.45, 7) is 11.7. The van der Waals surface area contributed by atoms with Crippen LogP contribution in [0.1, 0.15) is 93.5 Å². The second kappa shape index (κ2) is 9.24. The highest BCUT2D eigenvalue weighted by atomic mass is 32.2. The first kappa shape index (κ1) is 24.6. The van der Waals surface area contributed by atoms with Crippen molar-refractivity contribution < 1.29 is 0 Å². The summed E-state index contributed by atoms with van der Waals surface area (Å²) in [7, 11) is 2.26. The van der Waals surface area contributed by atoms with E-state index in [-0.39, 0.29) is 5.41 Å². The smallest absolute Gasteiger partial charge is 0.0500 e. The number of unbranched alkanes of at least 4 members (excludes halogenated alkanes) is 1. The fourth-order valence-electron chi connectivity index (χ4n) is 6.73. The van der Waals surface area contributed by atoms with E-state index in [1.165, 1.54) is 97.1 Å². The number of aromatic nitrogens is 1. The predicted octanol–water partition coefficient (Wildman–Crippen LogP) is 10.3. The molecule has 37 heavy (non-hydrogen) atoms. The normalized spacial score (nSPS) is 18.5. The van der Waals surface area contributed by atoms with Crippen LogP contribution in [-0.4, -0.2) is 4.57 Å². The molecule has 3 aromatic carbocycles. The molecule has 1 nitrogen and oxygen atoms in total. The van der Waals surface area contributed by atoms with Crippen molar-refractivity contribution in [2.24, 2.45) is 7.05 Å². The summed E-state index contributed by atoms with van der Waals surface area (Å²) in [4.78, 5) is 2.79. The number of allylic oxidation sites excluding steroid dienone is 3. The van der Waals surface area contributed by atoms with Gasteiger partial charge in [-0.3, -0.25) is 0 Å². The molecule has 4 aromatic rings. The Kier molecular flexibility index (Phi) is 6.15. The molecule has 1 aromatic heterocycles. The molecule has 0 saturated carbocycles. The first-order valence-electron chi connectivity index (χ1n) is 14.0. The van der Waals surface area contributed by atoms with Crippen molar-refractivity contribution in [3.05, 3.63) is 99.0 Å². The number of hydrogen-bond acceptors (Lipinski definition) is 1. The maximum Gasteiger partial charge on any atom is 0.0500 e. The molecule has 2 aliphatic carbocycles. The second-order valence-corrected chi connectivity index (χ2v) is 12.8. The van der Waals surface area contributed by atoms with Gasteiger partial charge in [-0.1, -0.05) is 87.4 Å². The SMILES string of the molecule is CCCCC1c2ccccc2C(C)(C)c2cc3c4cc(C)c(SC5=C(C)CCC=C5)cc4n(C)c3cc21. The van der Waals surface area contributed by atoms with Crippen LogP contribution in [-0.2, 0) is 12.5 Å². The lowest BCUT2D eigenvalue weighted by Gasteiger charge is -2.40. The minimum Gasteiger partial charge on any atom is -0.344 e. The fourth-order valence-corrected chi connectivity index (χ4v) is 7.80. The standard InChI is InChI=1S/C35H39NS/c1-7-8-14-24-25-15-10-11-16-29(25)35(4,5)30-19-28-27-18-23(3)34(37-33-17-12-9-13-22(33)2)21-32(27)36(6)31(28)20-26(24)30/h10-12,15-21,24H,7-9,13-14H2,1-6H3. The molecule has 1 atom stereocenters. The van der Waals surface area contributed by atoms with Gasteiger partial charge in [0.2, 0.25) is 0 Å². The van der Waals surface area contributed by atoms with Crippen molar-refractivity contribution in [2.75, 3.05) is 0 Å². The molecule has 0 fully saturated rings. The average Bonchev–Trinajstić information content (AvgIpc) is 3.15. The van der Waals surface area contributed by atoms with E-state index in [0.29, 0.717) is 5.92 Å². The molecule has 0 N–H and O–H groups in total. The summed E-state index contributed by atoms with van der Waals surface area (Å²) in [5.41, 5.74) is 11.7. The molecule has 1 heterocycles. The molecule has 0 radical (unpaired) electrons. The van der Waals surface area contributed by atoms with E-state index in [9.17, 15) is 0 Å². The van der Waals surface area contributed by atoms with E-state index in [4.69, 9.17) is 0 Å². The van der Waals surface area contributed by atoms with Crippen molar-refractivity contribution in [3.63, 3.8) is 0 Å². The van der Waals surface area contributed by atoms with Crippen LogP contribution in [0.25, 0.3) is 21.8 Å². The largest absolute Gasteiger partial charge is 0.344 e. The lowest BCUT2D eigenvalue weighted by molar-refractivity contribution is 0.554. The Morgan fingerprint density at radius 1 is 0.946 bits per heavy atom. The van der Waals surface area contributed by atoms with Crippen LogP contribution in [0.3, 0.4) is 0 Å². The highest BCUT2D eigenvalue weighted by Gasteiger charge is 2.37. The van der Waals surface area contributed by atoms with Gasteiger partial charge < -0.3 is 4.57 Å². The number of rotatable bonds is 5. The van der Waals surface area contributed by atoms with Crippen LogP contribution in [0.15, 0.2) is 76.1 Å². The van der Waals surface area contributed by atoms with Gasteiger partial charge in [-0.15, -0.1) is 0 Å². The van der Waals surface area contributed by atoms with Gasteiger partial charge in [0, 0.05) is 50.0 Å². The molecule has 0 saturated heterocycles. The summed E-state index contributed by atoms with van der Waals surface area (Å²) >= 11 is 1.94. The number of fused-ring (bicyclic) bond motifs is 5. The third-order valence-electron chi connectivity index (χ3n) is 8.97. The van der Waals surface area contributed by atoms with E-state index in [1.54, 1.807) is 0 Å². The Hall–Kier alpha value is -2.71. The number of hydrogen-bond donors (Lipinski definition) is 0. The highest BCUT2D eigenvalue weighted by Crippen LogP contribution is 2.50. The van der Waals surface area contributed by atoms with Crippen molar-refractivity contribution in [3.8, 4) is 0 Å². The lowest BCUT2D eigenvalue weighted by Crippen LogP contribution is -2.29. The number of thioether (sulfide) groups is 1. The average molecular weight is 506 g/mol. The van der Waals surface area contributed by atoms with E-state index in [0.717, 1.165) is 0 Å². The van der Waals surface area contributed by atoms with E-state index in [1.807, 2.05) is 11.8 Å². The molecule has 0 spiro atoms. The van der Waals surface area contributed by atoms with Gasteiger partial charge in [-0.25, -0.2) is 0 Å². The number of aryl methyl sites for hydroxylation is 2. The monoisotopic (exact) mass is 505 g/mol. The van der Waals surface area contributed by atoms with Crippen LogP contribution in [0.2, 0.25) is 0 Å². The highest BCUT2D eigenvalue weighted by molar-refractivity contribution is 8.03. The summed E-state index contributed by atoms with van der Waals surface area (Å²) in [5.74, 6) is 0.474. The molecular weight excluding hydrogens is 466 g/mol. The van der Waals surface area contributed by atoms with E-state index in [2.05, 4.69) is 107 Å². The quantitative estimate of drug-likeness (QED) is 0.261. The molecule has 0 aliphatic heterocycles. The predicted molar refractivity (Wildman–Crippen MR) is 162 cm³/mol. The van der Waals surface area contributed by atoms with Crippen LogP contribution in [0.5, 0.6) is 0 Å². The number of benzene rings is 3. The zero-order valence-electron chi connectivity index (χ0n) is 23.2.